The molecule has 0 bridgehead atoms. The number of piperazine rings is 1. The first-order chi connectivity index (χ1) is 13.0. The molecule has 144 valence electrons. The molecule has 0 saturated carbocycles. The second kappa shape index (κ2) is 7.62. The Bertz CT molecular complexity index is 801. The first-order valence-electron chi connectivity index (χ1n) is 9.14. The van der Waals surface area contributed by atoms with E-state index in [0.29, 0.717) is 10.0 Å². The van der Waals surface area contributed by atoms with Gasteiger partial charge in [0.25, 0.3) is 0 Å². The van der Waals surface area contributed by atoms with Crippen molar-refractivity contribution in [2.45, 2.75) is 13.1 Å². The van der Waals surface area contributed by atoms with Gasteiger partial charge in [-0.15, -0.1) is 0 Å². The van der Waals surface area contributed by atoms with Crippen LogP contribution in [0.3, 0.4) is 0 Å². The highest BCUT2D eigenvalue weighted by Crippen LogP contribution is 2.34. The summed E-state index contributed by atoms with van der Waals surface area (Å²) in [5.41, 5.74) is 3.20. The summed E-state index contributed by atoms with van der Waals surface area (Å²) in [6.45, 7) is 6.52. The normalized spacial score (nSPS) is 22.6. The molecule has 1 fully saturated rings. The summed E-state index contributed by atoms with van der Waals surface area (Å²) in [5, 5.41) is 8.15. The Morgan fingerprint density at radius 2 is 2.00 bits per heavy atom. The number of carbonyl (C=O) groups excluding carboxylic acids is 1. The largest absolute Gasteiger partial charge is 0.386 e. The molecule has 0 aromatic heterocycles. The minimum absolute atomic E-state index is 0.148. The lowest BCUT2D eigenvalue weighted by Crippen LogP contribution is -2.50. The van der Waals surface area contributed by atoms with Gasteiger partial charge in [-0.1, -0.05) is 23.2 Å². The molecule has 1 amide bonds. The van der Waals surface area contributed by atoms with Crippen molar-refractivity contribution in [3.8, 4) is 0 Å². The molecule has 3 aliphatic rings. The van der Waals surface area contributed by atoms with E-state index in [2.05, 4.69) is 26.6 Å². The Hall–Kier alpha value is -1.89. The van der Waals surface area contributed by atoms with Crippen molar-refractivity contribution in [2.24, 2.45) is 0 Å². The van der Waals surface area contributed by atoms with Crippen LogP contribution in [-0.4, -0.2) is 66.0 Å². The molecule has 3 heterocycles. The molecule has 1 unspecified atom stereocenters. The predicted molar refractivity (Wildman–Crippen MR) is 108 cm³/mol. The van der Waals surface area contributed by atoms with Gasteiger partial charge < -0.3 is 20.4 Å². The second-order valence-corrected chi connectivity index (χ2v) is 7.86. The zero-order valence-electron chi connectivity index (χ0n) is 15.2. The van der Waals surface area contributed by atoms with Gasteiger partial charge in [-0.05, 0) is 18.2 Å². The average Bonchev–Trinajstić information content (AvgIpc) is 3.00. The molecule has 0 spiro atoms. The van der Waals surface area contributed by atoms with Gasteiger partial charge in [0, 0.05) is 62.6 Å². The minimum atomic E-state index is 0.148. The van der Waals surface area contributed by atoms with Crippen LogP contribution in [0.5, 0.6) is 0 Å². The van der Waals surface area contributed by atoms with Gasteiger partial charge in [0.15, 0.2) is 0 Å². The summed E-state index contributed by atoms with van der Waals surface area (Å²) < 4.78 is 0. The number of amides is 1. The molecule has 0 radical (unpaired) electrons. The number of rotatable bonds is 3. The number of hydrogen-bond acceptors (Lipinski definition) is 5. The van der Waals surface area contributed by atoms with Crippen LogP contribution in [0, 0.1) is 0 Å². The molecule has 1 aromatic rings. The third kappa shape index (κ3) is 3.74. The van der Waals surface area contributed by atoms with E-state index in [9.17, 15) is 4.79 Å². The zero-order chi connectivity index (χ0) is 19.0. The van der Waals surface area contributed by atoms with Crippen molar-refractivity contribution in [3.63, 3.8) is 0 Å². The number of fused-ring (bicyclic) bond motifs is 1. The molecule has 1 atom stereocenters. The van der Waals surface area contributed by atoms with E-state index in [1.165, 1.54) is 5.70 Å². The highest BCUT2D eigenvalue weighted by Gasteiger charge is 2.34. The molecule has 2 N–H and O–H groups in total. The maximum absolute atomic E-state index is 11.6. The van der Waals surface area contributed by atoms with Crippen LogP contribution in [0.1, 0.15) is 12.5 Å². The van der Waals surface area contributed by atoms with E-state index in [1.54, 1.807) is 13.0 Å². The Morgan fingerprint density at radius 3 is 2.70 bits per heavy atom. The van der Waals surface area contributed by atoms with Crippen molar-refractivity contribution >= 4 is 34.8 Å². The van der Waals surface area contributed by atoms with Crippen LogP contribution in [0.4, 0.5) is 0 Å². The number of benzene rings is 1. The number of nitrogens with one attached hydrogen (secondary N) is 2. The fourth-order valence-corrected chi connectivity index (χ4v) is 4.31. The van der Waals surface area contributed by atoms with Crippen LogP contribution in [0.25, 0.3) is 5.70 Å². The van der Waals surface area contributed by atoms with Gasteiger partial charge in [0.05, 0.1) is 23.0 Å². The van der Waals surface area contributed by atoms with Crippen molar-refractivity contribution < 1.29 is 4.79 Å². The van der Waals surface area contributed by atoms with E-state index in [1.807, 2.05) is 23.2 Å². The highest BCUT2D eigenvalue weighted by atomic mass is 35.5. The summed E-state index contributed by atoms with van der Waals surface area (Å²) in [6.07, 6.45) is 4.20. The molecule has 0 aliphatic carbocycles. The zero-order valence-corrected chi connectivity index (χ0v) is 16.7. The standard InChI is InChI=1S/C19H23Cl2N5O/c1-13(27)25-8-6-24(7-9-25)12-17-19(15-3-2-14(20)10-16(15)21)23-18-11-22-4-5-26(17)18/h2-5,10,18,22-23H,6-9,11-12H2,1H3. The fraction of sp³-hybridized carbons (Fsp3) is 0.421. The highest BCUT2D eigenvalue weighted by molar-refractivity contribution is 6.35. The monoisotopic (exact) mass is 407 g/mol. The fourth-order valence-electron chi connectivity index (χ4n) is 3.81. The Labute approximate surface area is 169 Å². The predicted octanol–water partition coefficient (Wildman–Crippen LogP) is 2.13. The molecule has 1 saturated heterocycles. The Balaban J connectivity index is 1.61. The summed E-state index contributed by atoms with van der Waals surface area (Å²) >= 11 is 12.6. The summed E-state index contributed by atoms with van der Waals surface area (Å²) in [4.78, 5) is 18.1. The van der Waals surface area contributed by atoms with E-state index in [-0.39, 0.29) is 12.1 Å². The number of halogens is 2. The van der Waals surface area contributed by atoms with Gasteiger partial charge in [-0.3, -0.25) is 9.69 Å². The van der Waals surface area contributed by atoms with E-state index in [4.69, 9.17) is 23.2 Å². The Morgan fingerprint density at radius 1 is 1.22 bits per heavy atom. The van der Waals surface area contributed by atoms with Crippen molar-refractivity contribution in [1.29, 1.82) is 0 Å². The van der Waals surface area contributed by atoms with Crippen LogP contribution in [0.2, 0.25) is 10.0 Å². The summed E-state index contributed by atoms with van der Waals surface area (Å²) in [5.74, 6) is 0.148. The number of nitrogens with zero attached hydrogens (tertiary/aromatic N) is 3. The van der Waals surface area contributed by atoms with Gasteiger partial charge in [-0.2, -0.15) is 0 Å². The first kappa shape index (κ1) is 18.5. The SMILES string of the molecule is CC(=O)N1CCN(CC2=C(c3ccc(Cl)cc3Cl)NC3CNC=CN23)CC1. The van der Waals surface area contributed by atoms with E-state index < -0.39 is 0 Å². The summed E-state index contributed by atoms with van der Waals surface area (Å²) in [6, 6.07) is 5.62. The first-order valence-corrected chi connectivity index (χ1v) is 9.90. The average molecular weight is 408 g/mol. The van der Waals surface area contributed by atoms with Crippen LogP contribution < -0.4 is 10.6 Å². The third-order valence-electron chi connectivity index (χ3n) is 5.30. The smallest absolute Gasteiger partial charge is 0.219 e. The molecular weight excluding hydrogens is 385 g/mol. The van der Waals surface area contributed by atoms with Gasteiger partial charge in [0.2, 0.25) is 5.91 Å². The van der Waals surface area contributed by atoms with Gasteiger partial charge >= 0.3 is 0 Å². The van der Waals surface area contributed by atoms with Crippen LogP contribution in [0.15, 0.2) is 36.3 Å². The lowest BCUT2D eigenvalue weighted by molar-refractivity contribution is -0.130. The third-order valence-corrected chi connectivity index (χ3v) is 5.85. The van der Waals surface area contributed by atoms with Crippen LogP contribution >= 0.6 is 23.2 Å². The lowest BCUT2D eigenvalue weighted by Gasteiger charge is -2.36. The molecule has 3 aliphatic heterocycles. The molecule has 27 heavy (non-hydrogen) atoms. The second-order valence-electron chi connectivity index (χ2n) is 7.02. The minimum Gasteiger partial charge on any atom is -0.386 e. The van der Waals surface area contributed by atoms with E-state index >= 15 is 0 Å². The molecule has 8 heteroatoms. The topological polar surface area (TPSA) is 50.9 Å². The maximum atomic E-state index is 11.6. The lowest BCUT2D eigenvalue weighted by atomic mass is 10.1. The molecular formula is C19H23Cl2N5O. The van der Waals surface area contributed by atoms with Crippen molar-refractivity contribution in [3.05, 3.63) is 51.9 Å². The summed E-state index contributed by atoms with van der Waals surface area (Å²) in [7, 11) is 0. The van der Waals surface area contributed by atoms with Crippen molar-refractivity contribution in [2.75, 3.05) is 39.3 Å². The number of hydrogen-bond donors (Lipinski definition) is 2. The van der Waals surface area contributed by atoms with E-state index in [0.717, 1.165) is 50.5 Å². The molecule has 1 aromatic carbocycles. The molecule has 6 nitrogen and oxygen atoms in total. The molecule has 4 rings (SSSR count). The quantitative estimate of drug-likeness (QED) is 0.803. The maximum Gasteiger partial charge on any atom is 0.219 e. The number of carbonyl (C=O) groups is 1. The van der Waals surface area contributed by atoms with Gasteiger partial charge in [0.1, 0.15) is 6.17 Å². The Kier molecular flexibility index (Phi) is 5.21. The van der Waals surface area contributed by atoms with Gasteiger partial charge in [-0.25, -0.2) is 0 Å². The van der Waals surface area contributed by atoms with Crippen LogP contribution in [-0.2, 0) is 4.79 Å². The van der Waals surface area contributed by atoms with Crippen molar-refractivity contribution in [1.82, 2.24) is 25.3 Å².